The van der Waals surface area contributed by atoms with Crippen LogP contribution in [0.1, 0.15) is 50.2 Å². The fourth-order valence-electron chi connectivity index (χ4n) is 2.72. The maximum atomic E-state index is 9.55. The van der Waals surface area contributed by atoms with Gasteiger partial charge in [-0.05, 0) is 29.5 Å². The molecule has 108 valence electrons. The summed E-state index contributed by atoms with van der Waals surface area (Å²) in [6, 6.07) is 18.8. The number of hydrogen-bond donors (Lipinski definition) is 0. The predicted molar refractivity (Wildman–Crippen MR) is 89.1 cm³/mol. The van der Waals surface area contributed by atoms with Gasteiger partial charge in [-0.2, -0.15) is 5.26 Å². The number of aryl methyl sites for hydroxylation is 1. The van der Waals surface area contributed by atoms with Crippen molar-refractivity contribution in [3.63, 3.8) is 0 Å². The zero-order valence-electron chi connectivity index (χ0n) is 12.8. The first-order valence-electron chi connectivity index (χ1n) is 7.94. The van der Waals surface area contributed by atoms with Crippen LogP contribution in [0.2, 0.25) is 0 Å². The molecule has 0 fully saturated rings. The van der Waals surface area contributed by atoms with Gasteiger partial charge in [0.05, 0.1) is 5.56 Å². The smallest absolute Gasteiger partial charge is 0.100 e. The summed E-state index contributed by atoms with van der Waals surface area (Å²) in [5.74, 6) is 0. The van der Waals surface area contributed by atoms with E-state index in [1.54, 1.807) is 0 Å². The Kier molecular flexibility index (Phi) is 6.03. The van der Waals surface area contributed by atoms with Crippen molar-refractivity contribution >= 4 is 0 Å². The molecule has 1 heteroatoms. The van der Waals surface area contributed by atoms with E-state index in [-0.39, 0.29) is 0 Å². The Bertz CT molecular complexity index is 593. The van der Waals surface area contributed by atoms with Gasteiger partial charge in [-0.15, -0.1) is 0 Å². The van der Waals surface area contributed by atoms with Gasteiger partial charge in [0.1, 0.15) is 6.07 Å². The first kappa shape index (κ1) is 15.3. The molecule has 0 saturated carbocycles. The first-order valence-corrected chi connectivity index (χ1v) is 7.94. The van der Waals surface area contributed by atoms with Crippen LogP contribution in [0.15, 0.2) is 48.5 Å². The Morgan fingerprint density at radius 2 is 1.62 bits per heavy atom. The van der Waals surface area contributed by atoms with Crippen LogP contribution in [0.3, 0.4) is 0 Å². The third-order valence-electron chi connectivity index (χ3n) is 3.90. The summed E-state index contributed by atoms with van der Waals surface area (Å²) in [5.41, 5.74) is 4.22. The van der Waals surface area contributed by atoms with Crippen LogP contribution in [0.5, 0.6) is 0 Å². The summed E-state index contributed by atoms with van der Waals surface area (Å²) in [6.07, 6.45) is 7.33. The summed E-state index contributed by atoms with van der Waals surface area (Å²) in [6.45, 7) is 2.23. The maximum absolute atomic E-state index is 9.55. The molecule has 1 nitrogen and oxygen atoms in total. The Balaban J connectivity index is 2.14. The molecular formula is C20H23N. The van der Waals surface area contributed by atoms with Crippen LogP contribution in [0, 0.1) is 11.3 Å². The monoisotopic (exact) mass is 277 g/mol. The Hall–Kier alpha value is -2.07. The van der Waals surface area contributed by atoms with Crippen molar-refractivity contribution in [3.8, 4) is 17.2 Å². The largest absolute Gasteiger partial charge is 0.192 e. The van der Waals surface area contributed by atoms with E-state index in [1.807, 2.05) is 18.2 Å². The van der Waals surface area contributed by atoms with Crippen molar-refractivity contribution in [3.05, 3.63) is 59.7 Å². The fraction of sp³-hybridized carbons (Fsp3) is 0.350. The van der Waals surface area contributed by atoms with Crippen LogP contribution in [0.4, 0.5) is 0 Å². The zero-order chi connectivity index (χ0) is 14.9. The van der Waals surface area contributed by atoms with Gasteiger partial charge < -0.3 is 0 Å². The van der Waals surface area contributed by atoms with E-state index in [2.05, 4.69) is 43.3 Å². The average Bonchev–Trinajstić information content (AvgIpc) is 2.55. The number of nitriles is 1. The lowest BCUT2D eigenvalue weighted by atomic mass is 9.93. The fourth-order valence-corrected chi connectivity index (χ4v) is 2.72. The number of hydrogen-bond acceptors (Lipinski definition) is 1. The molecule has 21 heavy (non-hydrogen) atoms. The molecule has 0 N–H and O–H groups in total. The number of rotatable bonds is 7. The highest BCUT2D eigenvalue weighted by Crippen LogP contribution is 2.26. The van der Waals surface area contributed by atoms with Gasteiger partial charge in [0.15, 0.2) is 0 Å². The Morgan fingerprint density at radius 1 is 0.857 bits per heavy atom. The van der Waals surface area contributed by atoms with Crippen LogP contribution in [-0.4, -0.2) is 0 Å². The number of unbranched alkanes of at least 4 members (excludes halogenated alkanes) is 4. The van der Waals surface area contributed by atoms with Crippen molar-refractivity contribution in [1.29, 1.82) is 5.26 Å². The Labute approximate surface area is 128 Å². The zero-order valence-corrected chi connectivity index (χ0v) is 12.8. The van der Waals surface area contributed by atoms with Crippen LogP contribution in [0.25, 0.3) is 11.1 Å². The molecule has 0 unspecified atom stereocenters. The minimum Gasteiger partial charge on any atom is -0.192 e. The summed E-state index contributed by atoms with van der Waals surface area (Å²) in [4.78, 5) is 0. The normalized spacial score (nSPS) is 10.3. The van der Waals surface area contributed by atoms with Crippen LogP contribution in [-0.2, 0) is 6.42 Å². The molecule has 0 radical (unpaired) electrons. The molecule has 0 aliphatic rings. The molecule has 0 aromatic heterocycles. The molecule has 0 aliphatic heterocycles. The van der Waals surface area contributed by atoms with Crippen molar-refractivity contribution in [1.82, 2.24) is 0 Å². The van der Waals surface area contributed by atoms with Gasteiger partial charge in [0.2, 0.25) is 0 Å². The molecular weight excluding hydrogens is 254 g/mol. The highest BCUT2D eigenvalue weighted by Gasteiger charge is 2.09. The highest BCUT2D eigenvalue weighted by molar-refractivity contribution is 5.72. The second-order valence-corrected chi connectivity index (χ2v) is 5.48. The van der Waals surface area contributed by atoms with Gasteiger partial charge in [0.25, 0.3) is 0 Å². The van der Waals surface area contributed by atoms with Crippen molar-refractivity contribution in [2.24, 2.45) is 0 Å². The van der Waals surface area contributed by atoms with Gasteiger partial charge in [0, 0.05) is 0 Å². The molecule has 0 bridgehead atoms. The number of benzene rings is 2. The van der Waals surface area contributed by atoms with E-state index < -0.39 is 0 Å². The van der Waals surface area contributed by atoms with Crippen LogP contribution >= 0.6 is 0 Å². The van der Waals surface area contributed by atoms with E-state index >= 15 is 0 Å². The minimum atomic E-state index is 0.846. The quantitative estimate of drug-likeness (QED) is 0.592. The lowest BCUT2D eigenvalue weighted by molar-refractivity contribution is 0.632. The summed E-state index contributed by atoms with van der Waals surface area (Å²) >= 11 is 0. The Morgan fingerprint density at radius 3 is 2.33 bits per heavy atom. The van der Waals surface area contributed by atoms with E-state index in [4.69, 9.17) is 0 Å². The summed E-state index contributed by atoms with van der Waals surface area (Å²) < 4.78 is 0. The van der Waals surface area contributed by atoms with Gasteiger partial charge in [-0.3, -0.25) is 0 Å². The second-order valence-electron chi connectivity index (χ2n) is 5.48. The average molecular weight is 277 g/mol. The van der Waals surface area contributed by atoms with Crippen molar-refractivity contribution < 1.29 is 0 Å². The maximum Gasteiger partial charge on any atom is 0.100 e. The van der Waals surface area contributed by atoms with Gasteiger partial charge in [-0.25, -0.2) is 0 Å². The molecule has 0 spiro atoms. The molecule has 0 aliphatic carbocycles. The summed E-state index contributed by atoms with van der Waals surface area (Å²) in [5, 5.41) is 9.55. The SMILES string of the molecule is CCCCCCCc1cccc(-c2ccccc2)c1C#N. The van der Waals surface area contributed by atoms with E-state index in [1.165, 1.54) is 37.7 Å². The van der Waals surface area contributed by atoms with E-state index in [9.17, 15) is 5.26 Å². The topological polar surface area (TPSA) is 23.8 Å². The summed E-state index contributed by atoms with van der Waals surface area (Å²) in [7, 11) is 0. The lowest BCUT2D eigenvalue weighted by Gasteiger charge is -2.09. The first-order chi connectivity index (χ1) is 10.4. The molecule has 0 heterocycles. The van der Waals surface area contributed by atoms with Crippen molar-refractivity contribution in [2.75, 3.05) is 0 Å². The molecule has 2 aromatic carbocycles. The molecule has 0 amide bonds. The van der Waals surface area contributed by atoms with E-state index in [0.29, 0.717) is 0 Å². The van der Waals surface area contributed by atoms with Gasteiger partial charge in [-0.1, -0.05) is 81.1 Å². The minimum absolute atomic E-state index is 0.846. The molecule has 0 saturated heterocycles. The van der Waals surface area contributed by atoms with E-state index in [0.717, 1.165) is 23.1 Å². The van der Waals surface area contributed by atoms with Crippen molar-refractivity contribution in [2.45, 2.75) is 45.4 Å². The lowest BCUT2D eigenvalue weighted by Crippen LogP contribution is -1.94. The molecule has 2 aromatic rings. The second kappa shape index (κ2) is 8.27. The van der Waals surface area contributed by atoms with Gasteiger partial charge >= 0.3 is 0 Å². The number of nitrogens with zero attached hydrogens (tertiary/aromatic N) is 1. The standard InChI is InChI=1S/C20H23N/c1-2-3-4-5-7-13-18-14-10-15-19(20(18)16-21)17-11-8-6-9-12-17/h6,8-12,14-15H,2-5,7,13H2,1H3. The molecule has 0 atom stereocenters. The highest BCUT2D eigenvalue weighted by atomic mass is 14.3. The predicted octanol–water partition coefficient (Wildman–Crippen LogP) is 5.74. The third kappa shape index (κ3) is 4.20. The van der Waals surface area contributed by atoms with Crippen LogP contribution < -0.4 is 0 Å². The third-order valence-corrected chi connectivity index (χ3v) is 3.90. The molecule has 2 rings (SSSR count).